The first-order valence-electron chi connectivity index (χ1n) is 10.2. The number of amides is 1. The van der Waals surface area contributed by atoms with Crippen molar-refractivity contribution in [1.82, 2.24) is 25.2 Å². The second kappa shape index (κ2) is 9.19. The molecule has 2 aromatic rings. The Hall–Kier alpha value is -2.41. The maximum Gasteiger partial charge on any atom is 0.276 e. The lowest BCUT2D eigenvalue weighted by Gasteiger charge is -2.31. The van der Waals surface area contributed by atoms with E-state index in [0.29, 0.717) is 18.0 Å². The highest BCUT2D eigenvalue weighted by Crippen LogP contribution is 2.22. The molecular formula is C21H31N5O2. The fourth-order valence-electron chi connectivity index (χ4n) is 3.71. The lowest BCUT2D eigenvalue weighted by Crippen LogP contribution is -2.40. The smallest absolute Gasteiger partial charge is 0.276 e. The molecule has 0 saturated carbocycles. The number of ether oxygens (including phenoxy) is 1. The van der Waals surface area contributed by atoms with Crippen LogP contribution in [-0.4, -0.2) is 58.6 Å². The molecule has 152 valence electrons. The van der Waals surface area contributed by atoms with E-state index in [1.807, 2.05) is 57.0 Å². The predicted molar refractivity (Wildman–Crippen MR) is 109 cm³/mol. The van der Waals surface area contributed by atoms with Crippen LogP contribution in [0.25, 0.3) is 5.69 Å². The predicted octanol–water partition coefficient (Wildman–Crippen LogP) is 2.69. The van der Waals surface area contributed by atoms with E-state index in [1.54, 1.807) is 4.68 Å². The zero-order chi connectivity index (χ0) is 20.1. The fraction of sp³-hybridized carbons (Fsp3) is 0.571. The number of hydrogen-bond acceptors (Lipinski definition) is 5. The summed E-state index contributed by atoms with van der Waals surface area (Å²) in [6.45, 7) is 8.60. The molecule has 1 aromatic heterocycles. The van der Waals surface area contributed by atoms with Crippen LogP contribution in [0.2, 0.25) is 0 Å². The molecule has 1 N–H and O–H groups in total. The summed E-state index contributed by atoms with van der Waals surface area (Å²) in [5, 5.41) is 11.7. The topological polar surface area (TPSA) is 72.3 Å². The summed E-state index contributed by atoms with van der Waals surface area (Å²) in [6, 6.07) is 7.74. The van der Waals surface area contributed by atoms with Gasteiger partial charge in [-0.05, 0) is 76.9 Å². The fourth-order valence-corrected chi connectivity index (χ4v) is 3.71. The van der Waals surface area contributed by atoms with Crippen LogP contribution in [0.15, 0.2) is 24.3 Å². The van der Waals surface area contributed by atoms with Gasteiger partial charge >= 0.3 is 0 Å². The standard InChI is InChI=1S/C21H31N5O2/c1-5-19-20(21(27)25-12-10-16(11-13-25)14-22-4)23-24-26(19)17-6-8-18(9-7-17)28-15(2)3/h6-9,15-16,22H,5,10-14H2,1-4H3. The highest BCUT2D eigenvalue weighted by Gasteiger charge is 2.27. The molecular weight excluding hydrogens is 354 g/mol. The first-order valence-corrected chi connectivity index (χ1v) is 10.2. The Morgan fingerprint density at radius 1 is 1.25 bits per heavy atom. The number of rotatable bonds is 7. The van der Waals surface area contributed by atoms with Gasteiger partial charge in [0, 0.05) is 13.1 Å². The van der Waals surface area contributed by atoms with Crippen LogP contribution in [0.5, 0.6) is 5.75 Å². The highest BCUT2D eigenvalue weighted by molar-refractivity contribution is 5.93. The van der Waals surface area contributed by atoms with Crippen LogP contribution in [0.4, 0.5) is 0 Å². The molecule has 1 aliphatic heterocycles. The van der Waals surface area contributed by atoms with Crippen LogP contribution >= 0.6 is 0 Å². The SMILES string of the molecule is CCc1c(C(=O)N2CCC(CNC)CC2)nnn1-c1ccc(OC(C)C)cc1. The highest BCUT2D eigenvalue weighted by atomic mass is 16.5. The average Bonchev–Trinajstić information content (AvgIpc) is 3.12. The van der Waals surface area contributed by atoms with E-state index in [4.69, 9.17) is 4.74 Å². The molecule has 1 aliphatic rings. The maximum absolute atomic E-state index is 13.0. The Labute approximate surface area is 167 Å². The number of nitrogens with one attached hydrogen (secondary N) is 1. The average molecular weight is 386 g/mol. The summed E-state index contributed by atoms with van der Waals surface area (Å²) >= 11 is 0. The molecule has 0 radical (unpaired) electrons. The molecule has 0 spiro atoms. The van der Waals surface area contributed by atoms with Crippen molar-refractivity contribution in [3.63, 3.8) is 0 Å². The molecule has 1 amide bonds. The van der Waals surface area contributed by atoms with Gasteiger partial charge in [0.2, 0.25) is 0 Å². The van der Waals surface area contributed by atoms with Crippen LogP contribution in [0, 0.1) is 5.92 Å². The molecule has 1 fully saturated rings. The van der Waals surface area contributed by atoms with Crippen LogP contribution < -0.4 is 10.1 Å². The van der Waals surface area contributed by atoms with E-state index in [1.165, 1.54) is 0 Å². The van der Waals surface area contributed by atoms with Gasteiger partial charge in [0.25, 0.3) is 5.91 Å². The first-order chi connectivity index (χ1) is 13.5. The Morgan fingerprint density at radius 2 is 1.93 bits per heavy atom. The third kappa shape index (κ3) is 4.52. The summed E-state index contributed by atoms with van der Waals surface area (Å²) in [4.78, 5) is 15.0. The minimum atomic E-state index is -0.00855. The number of piperidine rings is 1. The van der Waals surface area contributed by atoms with Crippen molar-refractivity contribution in [3.8, 4) is 11.4 Å². The Bertz CT molecular complexity index is 777. The lowest BCUT2D eigenvalue weighted by molar-refractivity contribution is 0.0683. The van der Waals surface area contributed by atoms with E-state index in [-0.39, 0.29) is 12.0 Å². The summed E-state index contributed by atoms with van der Waals surface area (Å²) in [7, 11) is 1.98. The molecule has 0 atom stereocenters. The van der Waals surface area contributed by atoms with Crippen molar-refractivity contribution in [2.75, 3.05) is 26.7 Å². The zero-order valence-electron chi connectivity index (χ0n) is 17.3. The molecule has 3 rings (SSSR count). The quantitative estimate of drug-likeness (QED) is 0.793. The molecule has 1 aromatic carbocycles. The van der Waals surface area contributed by atoms with Crippen LogP contribution in [0.3, 0.4) is 0 Å². The van der Waals surface area contributed by atoms with Gasteiger partial charge in [0.1, 0.15) is 5.75 Å². The number of carbonyl (C=O) groups is 1. The minimum absolute atomic E-state index is 0.00855. The molecule has 7 nitrogen and oxygen atoms in total. The lowest BCUT2D eigenvalue weighted by atomic mass is 9.96. The van der Waals surface area contributed by atoms with Crippen molar-refractivity contribution in [1.29, 1.82) is 0 Å². The summed E-state index contributed by atoms with van der Waals surface area (Å²) in [6.07, 6.45) is 2.87. The molecule has 0 unspecified atom stereocenters. The number of aromatic nitrogens is 3. The second-order valence-electron chi connectivity index (χ2n) is 7.60. The van der Waals surface area contributed by atoms with E-state index < -0.39 is 0 Å². The van der Waals surface area contributed by atoms with Gasteiger partial charge in [0.15, 0.2) is 5.69 Å². The Balaban J connectivity index is 1.76. The summed E-state index contributed by atoms with van der Waals surface area (Å²) in [5.41, 5.74) is 2.20. The van der Waals surface area contributed by atoms with E-state index in [0.717, 1.165) is 49.6 Å². The van der Waals surface area contributed by atoms with Gasteiger partial charge in [0.05, 0.1) is 17.5 Å². The number of nitrogens with zero attached hydrogens (tertiary/aromatic N) is 4. The molecule has 2 heterocycles. The third-order valence-corrected chi connectivity index (χ3v) is 5.15. The van der Waals surface area contributed by atoms with Crippen molar-refractivity contribution >= 4 is 5.91 Å². The summed E-state index contributed by atoms with van der Waals surface area (Å²) < 4.78 is 7.46. The Morgan fingerprint density at radius 3 is 2.50 bits per heavy atom. The van der Waals surface area contributed by atoms with Crippen molar-refractivity contribution in [2.24, 2.45) is 5.92 Å². The molecule has 1 saturated heterocycles. The van der Waals surface area contributed by atoms with Gasteiger partial charge in [-0.25, -0.2) is 4.68 Å². The zero-order valence-corrected chi connectivity index (χ0v) is 17.3. The van der Waals surface area contributed by atoms with Crippen molar-refractivity contribution in [2.45, 2.75) is 46.1 Å². The number of likely N-dealkylation sites (tertiary alicyclic amines) is 1. The van der Waals surface area contributed by atoms with Crippen molar-refractivity contribution < 1.29 is 9.53 Å². The second-order valence-corrected chi connectivity index (χ2v) is 7.60. The van der Waals surface area contributed by atoms with Gasteiger partial charge in [-0.15, -0.1) is 5.10 Å². The number of carbonyl (C=O) groups excluding carboxylic acids is 1. The maximum atomic E-state index is 13.0. The van der Waals surface area contributed by atoms with Gasteiger partial charge in [-0.2, -0.15) is 0 Å². The monoisotopic (exact) mass is 385 g/mol. The number of hydrogen-bond donors (Lipinski definition) is 1. The Kier molecular flexibility index (Phi) is 6.67. The number of benzene rings is 1. The molecule has 0 aliphatic carbocycles. The van der Waals surface area contributed by atoms with E-state index >= 15 is 0 Å². The molecule has 0 bridgehead atoms. The molecule has 28 heavy (non-hydrogen) atoms. The summed E-state index contributed by atoms with van der Waals surface area (Å²) in [5.74, 6) is 1.45. The van der Waals surface area contributed by atoms with E-state index in [9.17, 15) is 4.79 Å². The van der Waals surface area contributed by atoms with Crippen LogP contribution in [0.1, 0.15) is 49.8 Å². The normalized spacial score (nSPS) is 15.2. The van der Waals surface area contributed by atoms with Gasteiger partial charge in [-0.1, -0.05) is 12.1 Å². The largest absolute Gasteiger partial charge is 0.491 e. The minimum Gasteiger partial charge on any atom is -0.491 e. The van der Waals surface area contributed by atoms with Crippen molar-refractivity contribution in [3.05, 3.63) is 35.7 Å². The van der Waals surface area contributed by atoms with Crippen LogP contribution in [-0.2, 0) is 6.42 Å². The van der Waals surface area contributed by atoms with Gasteiger partial charge < -0.3 is 15.0 Å². The van der Waals surface area contributed by atoms with E-state index in [2.05, 4.69) is 15.6 Å². The molecule has 7 heteroatoms. The third-order valence-electron chi connectivity index (χ3n) is 5.15. The van der Waals surface area contributed by atoms with Gasteiger partial charge in [-0.3, -0.25) is 4.79 Å². The first kappa shape index (κ1) is 20.3.